The van der Waals surface area contributed by atoms with Crippen LogP contribution < -0.4 is 5.32 Å². The summed E-state index contributed by atoms with van der Waals surface area (Å²) in [6, 6.07) is 0.580. The zero-order valence-electron chi connectivity index (χ0n) is 10.3. The van der Waals surface area contributed by atoms with Gasteiger partial charge in [-0.1, -0.05) is 13.8 Å². The lowest BCUT2D eigenvalue weighted by molar-refractivity contribution is 0.449. The number of hydrogen-bond donors (Lipinski definition) is 2. The predicted octanol–water partition coefficient (Wildman–Crippen LogP) is 2.63. The second kappa shape index (κ2) is 5.91. The fourth-order valence-electron chi connectivity index (χ4n) is 1.53. The highest BCUT2D eigenvalue weighted by Gasteiger charge is 2.04. The summed E-state index contributed by atoms with van der Waals surface area (Å²) in [5.74, 6) is 1.78. The van der Waals surface area contributed by atoms with E-state index >= 15 is 0 Å². The number of imidazole rings is 1. The molecule has 3 nitrogen and oxygen atoms in total. The van der Waals surface area contributed by atoms with Crippen molar-refractivity contribution in [2.75, 3.05) is 0 Å². The number of rotatable bonds is 6. The third-order valence-electron chi connectivity index (χ3n) is 2.57. The molecule has 1 aromatic heterocycles. The largest absolute Gasteiger partial charge is 0.345 e. The Morgan fingerprint density at radius 1 is 1.33 bits per heavy atom. The molecule has 1 aromatic rings. The quantitative estimate of drug-likeness (QED) is 0.756. The minimum absolute atomic E-state index is 0.580. The minimum Gasteiger partial charge on any atom is -0.345 e. The van der Waals surface area contributed by atoms with Crippen LogP contribution >= 0.6 is 0 Å². The first-order valence-corrected chi connectivity index (χ1v) is 5.81. The number of aromatic amines is 1. The zero-order chi connectivity index (χ0) is 11.3. The Morgan fingerprint density at radius 3 is 2.60 bits per heavy atom. The highest BCUT2D eigenvalue weighted by atomic mass is 15.0. The molecule has 0 radical (unpaired) electrons. The van der Waals surface area contributed by atoms with Crippen LogP contribution in [-0.2, 0) is 6.54 Å². The van der Waals surface area contributed by atoms with Crippen LogP contribution in [0.5, 0.6) is 0 Å². The van der Waals surface area contributed by atoms with Gasteiger partial charge in [0, 0.05) is 24.5 Å². The number of aryl methyl sites for hydroxylation is 1. The van der Waals surface area contributed by atoms with Crippen molar-refractivity contribution in [3.05, 3.63) is 17.7 Å². The van der Waals surface area contributed by atoms with E-state index in [0.717, 1.165) is 18.3 Å². The summed E-state index contributed by atoms with van der Waals surface area (Å²) in [5.41, 5.74) is 1.17. The summed E-state index contributed by atoms with van der Waals surface area (Å²) in [5, 5.41) is 3.50. The summed E-state index contributed by atoms with van der Waals surface area (Å²) in [6.07, 6.45) is 4.43. The van der Waals surface area contributed by atoms with Crippen molar-refractivity contribution in [3.8, 4) is 0 Å². The van der Waals surface area contributed by atoms with Gasteiger partial charge in [0.25, 0.3) is 0 Å². The van der Waals surface area contributed by atoms with E-state index in [1.165, 1.54) is 18.5 Å². The van der Waals surface area contributed by atoms with Crippen LogP contribution in [0.1, 0.15) is 45.1 Å². The van der Waals surface area contributed by atoms with Gasteiger partial charge in [0.1, 0.15) is 5.82 Å². The van der Waals surface area contributed by atoms with Crippen molar-refractivity contribution in [1.82, 2.24) is 15.3 Å². The van der Waals surface area contributed by atoms with E-state index in [1.807, 2.05) is 13.1 Å². The molecule has 0 saturated heterocycles. The Morgan fingerprint density at radius 2 is 2.07 bits per heavy atom. The molecule has 0 aliphatic rings. The van der Waals surface area contributed by atoms with Crippen molar-refractivity contribution in [2.45, 2.75) is 53.1 Å². The molecule has 0 saturated carbocycles. The smallest absolute Gasteiger partial charge is 0.103 e. The maximum Gasteiger partial charge on any atom is 0.103 e. The highest BCUT2D eigenvalue weighted by molar-refractivity contribution is 4.99. The molecule has 0 spiro atoms. The van der Waals surface area contributed by atoms with Crippen molar-refractivity contribution >= 4 is 0 Å². The monoisotopic (exact) mass is 209 g/mol. The van der Waals surface area contributed by atoms with Crippen molar-refractivity contribution in [2.24, 2.45) is 5.92 Å². The lowest BCUT2D eigenvalue weighted by atomic mass is 10.0. The molecule has 0 amide bonds. The van der Waals surface area contributed by atoms with Gasteiger partial charge in [-0.15, -0.1) is 0 Å². The average molecular weight is 209 g/mol. The van der Waals surface area contributed by atoms with Gasteiger partial charge >= 0.3 is 0 Å². The lowest BCUT2D eigenvalue weighted by Gasteiger charge is -2.14. The van der Waals surface area contributed by atoms with Gasteiger partial charge in [0.2, 0.25) is 0 Å². The second-order valence-corrected chi connectivity index (χ2v) is 4.75. The maximum absolute atomic E-state index is 4.17. The van der Waals surface area contributed by atoms with E-state index in [2.05, 4.69) is 36.1 Å². The van der Waals surface area contributed by atoms with Crippen molar-refractivity contribution in [1.29, 1.82) is 0 Å². The van der Waals surface area contributed by atoms with E-state index in [1.54, 1.807) is 0 Å². The molecule has 1 heterocycles. The number of H-pyrrole nitrogens is 1. The standard InChI is InChI=1S/C12H23N3/c1-9(2)5-6-10(3)13-7-12-8-14-11(4)15-12/h8-10,13H,5-7H2,1-4H3,(H,14,15). The summed E-state index contributed by atoms with van der Waals surface area (Å²) in [6.45, 7) is 9.65. The first-order valence-electron chi connectivity index (χ1n) is 5.81. The van der Waals surface area contributed by atoms with Crippen LogP contribution in [0.4, 0.5) is 0 Å². The number of nitrogens with one attached hydrogen (secondary N) is 2. The van der Waals surface area contributed by atoms with E-state index in [4.69, 9.17) is 0 Å². The van der Waals surface area contributed by atoms with Crippen LogP contribution in [0.25, 0.3) is 0 Å². The van der Waals surface area contributed by atoms with Crippen LogP contribution in [0, 0.1) is 12.8 Å². The first-order chi connectivity index (χ1) is 7.08. The zero-order valence-corrected chi connectivity index (χ0v) is 10.3. The molecule has 3 heteroatoms. The van der Waals surface area contributed by atoms with E-state index in [0.29, 0.717) is 6.04 Å². The highest BCUT2D eigenvalue weighted by Crippen LogP contribution is 2.06. The summed E-state index contributed by atoms with van der Waals surface area (Å²) >= 11 is 0. The van der Waals surface area contributed by atoms with Crippen LogP contribution in [0.2, 0.25) is 0 Å². The van der Waals surface area contributed by atoms with Crippen molar-refractivity contribution in [3.63, 3.8) is 0 Å². The fraction of sp³-hybridized carbons (Fsp3) is 0.750. The van der Waals surface area contributed by atoms with Gasteiger partial charge in [-0.05, 0) is 32.6 Å². The average Bonchev–Trinajstić information content (AvgIpc) is 2.58. The third kappa shape index (κ3) is 4.98. The molecular formula is C12H23N3. The van der Waals surface area contributed by atoms with Crippen LogP contribution in [0.3, 0.4) is 0 Å². The molecule has 86 valence electrons. The van der Waals surface area contributed by atoms with Crippen LogP contribution in [-0.4, -0.2) is 16.0 Å². The van der Waals surface area contributed by atoms with Gasteiger partial charge in [0.05, 0.1) is 0 Å². The molecule has 1 rings (SSSR count). The van der Waals surface area contributed by atoms with Gasteiger partial charge in [-0.3, -0.25) is 0 Å². The molecule has 0 fully saturated rings. The predicted molar refractivity (Wildman–Crippen MR) is 63.7 cm³/mol. The molecule has 0 aliphatic heterocycles. The Bertz CT molecular complexity index is 278. The molecular weight excluding hydrogens is 186 g/mol. The summed E-state index contributed by atoms with van der Waals surface area (Å²) in [7, 11) is 0. The lowest BCUT2D eigenvalue weighted by Crippen LogP contribution is -2.25. The second-order valence-electron chi connectivity index (χ2n) is 4.75. The topological polar surface area (TPSA) is 40.7 Å². The maximum atomic E-state index is 4.17. The van der Waals surface area contributed by atoms with E-state index in [9.17, 15) is 0 Å². The van der Waals surface area contributed by atoms with Gasteiger partial charge in [-0.25, -0.2) is 4.98 Å². The van der Waals surface area contributed by atoms with Gasteiger partial charge in [-0.2, -0.15) is 0 Å². The Hall–Kier alpha value is -0.830. The summed E-state index contributed by atoms with van der Waals surface area (Å²) < 4.78 is 0. The van der Waals surface area contributed by atoms with E-state index in [-0.39, 0.29) is 0 Å². The molecule has 1 atom stereocenters. The normalized spacial score (nSPS) is 13.4. The third-order valence-corrected chi connectivity index (χ3v) is 2.57. The molecule has 2 N–H and O–H groups in total. The molecule has 15 heavy (non-hydrogen) atoms. The summed E-state index contributed by atoms with van der Waals surface area (Å²) in [4.78, 5) is 7.40. The Balaban J connectivity index is 2.19. The van der Waals surface area contributed by atoms with Gasteiger partial charge in [0.15, 0.2) is 0 Å². The number of hydrogen-bond acceptors (Lipinski definition) is 2. The van der Waals surface area contributed by atoms with Gasteiger partial charge < -0.3 is 10.3 Å². The molecule has 0 aromatic carbocycles. The fourth-order valence-corrected chi connectivity index (χ4v) is 1.53. The number of aromatic nitrogens is 2. The molecule has 1 unspecified atom stereocenters. The molecule has 0 aliphatic carbocycles. The van der Waals surface area contributed by atoms with E-state index < -0.39 is 0 Å². The Labute approximate surface area is 92.7 Å². The first kappa shape index (κ1) is 12.2. The number of nitrogens with zero attached hydrogens (tertiary/aromatic N) is 1. The Kier molecular flexibility index (Phi) is 4.82. The molecule has 0 bridgehead atoms. The van der Waals surface area contributed by atoms with Crippen molar-refractivity contribution < 1.29 is 0 Å². The SMILES string of the molecule is Cc1ncc(CNC(C)CCC(C)C)[nH]1. The minimum atomic E-state index is 0.580. The van der Waals surface area contributed by atoms with Crippen LogP contribution in [0.15, 0.2) is 6.20 Å².